The second kappa shape index (κ2) is 31.6. The summed E-state index contributed by atoms with van der Waals surface area (Å²) in [5.41, 5.74) is 1.07. The molecule has 2 saturated heterocycles. The number of alkyl halides is 3. The number of phenols is 3. The molecule has 0 amide bonds. The number of rotatable bonds is 19. The zero-order chi connectivity index (χ0) is 63.0. The Morgan fingerprint density at radius 1 is 0.698 bits per heavy atom. The summed E-state index contributed by atoms with van der Waals surface area (Å²) in [7, 11) is 0. The van der Waals surface area contributed by atoms with Crippen LogP contribution in [0.25, 0.3) is 0 Å². The second-order valence-electron chi connectivity index (χ2n) is 20.8. The summed E-state index contributed by atoms with van der Waals surface area (Å²) in [6.07, 6.45) is 5.36. The van der Waals surface area contributed by atoms with E-state index in [-0.39, 0.29) is 74.7 Å². The highest BCUT2D eigenvalue weighted by Crippen LogP contribution is 2.48. The molecule has 2 fully saturated rings. The molecule has 4 heterocycles. The third-order valence-electron chi connectivity index (χ3n) is 13.3. The Bertz CT molecular complexity index is 3090. The first-order valence-electron chi connectivity index (χ1n) is 27.6. The normalized spacial score (nSPS) is 20.1. The van der Waals surface area contributed by atoms with Crippen molar-refractivity contribution in [3.05, 3.63) is 88.5 Å². The number of ketones is 2. The average molecular weight is 1300 g/mol. The van der Waals surface area contributed by atoms with E-state index >= 15 is 0 Å². The zero-order valence-electron chi connectivity index (χ0n) is 48.4. The van der Waals surface area contributed by atoms with Crippen molar-refractivity contribution in [1.82, 2.24) is 0 Å². The summed E-state index contributed by atoms with van der Waals surface area (Å²) in [6.45, 7) is 12.4. The number of carbonyl (C=O) groups is 6. The monoisotopic (exact) mass is 1290 g/mol. The van der Waals surface area contributed by atoms with Crippen molar-refractivity contribution in [1.29, 1.82) is 5.41 Å². The number of carbonyl (C=O) groups excluding carboxylic acids is 6. The predicted molar refractivity (Wildman–Crippen MR) is 321 cm³/mol. The molecule has 0 radical (unpaired) electrons. The minimum Gasteiger partial charge on any atom is -0.508 e. The molecule has 5 N–H and O–H groups in total. The highest BCUT2D eigenvalue weighted by atomic mass is 35.6. The molecule has 6 unspecified atom stereocenters. The fraction of sp³-hybridized carbons (Fsp3) is 0.483. The first kappa shape index (κ1) is 68.9. The van der Waals surface area contributed by atoms with Crippen molar-refractivity contribution in [3.63, 3.8) is 0 Å². The second-order valence-corrected chi connectivity index (χ2v) is 27.0. The quantitative estimate of drug-likeness (QED) is 0.0111. The molecule has 0 saturated carbocycles. The van der Waals surface area contributed by atoms with Crippen LogP contribution in [0, 0.1) is 12.3 Å². The Kier molecular flexibility index (Phi) is 25.4. The number of aliphatic hydroxyl groups is 1. The van der Waals surface area contributed by atoms with Crippen LogP contribution in [-0.4, -0.2) is 119 Å². The van der Waals surface area contributed by atoms with Crippen molar-refractivity contribution in [2.24, 2.45) is 0 Å². The molecule has 0 aromatic heterocycles. The molecule has 86 heavy (non-hydrogen) atoms. The van der Waals surface area contributed by atoms with Gasteiger partial charge in [0.2, 0.25) is 23.6 Å². The van der Waals surface area contributed by atoms with Gasteiger partial charge in [-0.1, -0.05) is 72.3 Å². The SMILES string of the molecule is CC(=O)Oc1ccc(C2Oc3cc(O)cc(OC(C)=O)c3C(=O)C2OC(C)=O)cc1OC(C)=O.CC1(C)SCCC(CCCCCOC(=N)C(Cl)(Cl)Cl)S1.Cc1ccc(C2Oc3cc(OCCCCCC4CCOO4)cc(O)c3C(=O)C2O)cc1O. The van der Waals surface area contributed by atoms with Crippen LogP contribution in [0.1, 0.15) is 155 Å². The lowest BCUT2D eigenvalue weighted by Crippen LogP contribution is -2.40. The number of halogens is 3. The van der Waals surface area contributed by atoms with Gasteiger partial charge < -0.3 is 58.3 Å². The van der Waals surface area contributed by atoms with Gasteiger partial charge >= 0.3 is 23.9 Å². The topological polar surface area (TPSA) is 299 Å². The van der Waals surface area contributed by atoms with Gasteiger partial charge in [-0.3, -0.25) is 34.2 Å². The van der Waals surface area contributed by atoms with Gasteiger partial charge in [0.05, 0.1) is 30.0 Å². The van der Waals surface area contributed by atoms with Gasteiger partial charge in [-0.2, -0.15) is 0 Å². The van der Waals surface area contributed by atoms with Crippen molar-refractivity contribution in [2.75, 3.05) is 25.6 Å². The van der Waals surface area contributed by atoms with E-state index in [1.807, 2.05) is 0 Å². The van der Waals surface area contributed by atoms with Crippen LogP contribution >= 0.6 is 58.3 Å². The first-order valence-corrected chi connectivity index (χ1v) is 30.6. The summed E-state index contributed by atoms with van der Waals surface area (Å²) >= 11 is 20.8. The molecule has 4 aromatic carbocycles. The standard InChI is InChI=1S/C24H28O8.C23H20O11.C13H22Cl3NOS2/c1-14-6-7-15(11-18(14)25)24-23(28)22(27)21-19(26)12-17(13-20(21)31-24)29-9-4-2-3-5-16-8-10-30-32-16;1-10(24)30-16-6-5-14(7-17(16)31-11(2)25)22-23(33-13(4)27)21(29)20-18(32-12(3)26)8-15(28)9-19(20)34-22;1-12(2)19-9-7-10(20-12)6-4-3-5-8-18-11(17)13(14,15)16/h6-7,11-13,16,23-26,28H,2-5,8-10H2,1H3;5-9,22-23,28H,1-4H3;10,17H,3-9H2,1-2H3. The third kappa shape index (κ3) is 20.2. The highest BCUT2D eigenvalue weighted by Gasteiger charge is 2.44. The lowest BCUT2D eigenvalue weighted by Gasteiger charge is -2.34. The largest absolute Gasteiger partial charge is 0.508 e. The molecular formula is C60H70Cl3NO20S2. The smallest absolute Gasteiger partial charge is 0.308 e. The van der Waals surface area contributed by atoms with E-state index in [1.165, 1.54) is 55.3 Å². The van der Waals surface area contributed by atoms with Gasteiger partial charge in [0.1, 0.15) is 51.4 Å². The minimum atomic E-state index is -1.73. The van der Waals surface area contributed by atoms with Crippen molar-refractivity contribution >= 4 is 99.7 Å². The van der Waals surface area contributed by atoms with E-state index < -0.39 is 63.7 Å². The van der Waals surface area contributed by atoms with E-state index in [9.17, 15) is 49.2 Å². The molecule has 21 nitrogen and oxygen atoms in total. The van der Waals surface area contributed by atoms with E-state index in [2.05, 4.69) is 37.4 Å². The number of hydrogen-bond acceptors (Lipinski definition) is 23. The number of aliphatic hydroxyl groups excluding tert-OH is 1. The van der Waals surface area contributed by atoms with Crippen LogP contribution < -0.4 is 28.4 Å². The van der Waals surface area contributed by atoms with Crippen molar-refractivity contribution in [2.45, 2.75) is 156 Å². The summed E-state index contributed by atoms with van der Waals surface area (Å²) in [5.74, 6) is -4.01. The lowest BCUT2D eigenvalue weighted by atomic mass is 9.92. The minimum absolute atomic E-state index is 0.0449. The number of phenolic OH excluding ortho intramolecular Hbond substituents is 3. The van der Waals surface area contributed by atoms with E-state index in [1.54, 1.807) is 25.1 Å². The number of Topliss-reactive ketones (excluding diaryl/α,β-unsaturated/α-hetero) is 2. The number of aromatic hydroxyl groups is 3. The molecule has 0 aliphatic carbocycles. The van der Waals surface area contributed by atoms with E-state index in [0.29, 0.717) is 40.8 Å². The number of esters is 4. The van der Waals surface area contributed by atoms with Crippen LogP contribution in [-0.2, 0) is 38.4 Å². The number of nitrogens with one attached hydrogen (secondary N) is 1. The van der Waals surface area contributed by atoms with E-state index in [0.717, 1.165) is 90.0 Å². The molecule has 4 aliphatic rings. The number of hydrogen-bond donors (Lipinski definition) is 5. The summed E-state index contributed by atoms with van der Waals surface area (Å²) in [6, 6.07) is 13.9. The fourth-order valence-electron chi connectivity index (χ4n) is 9.32. The fourth-order valence-corrected chi connectivity index (χ4v) is 12.8. The number of aryl methyl sites for hydroxylation is 1. The van der Waals surface area contributed by atoms with Crippen LogP contribution in [0.2, 0.25) is 0 Å². The molecule has 6 atom stereocenters. The van der Waals surface area contributed by atoms with Gasteiger partial charge in [-0.25, -0.2) is 9.78 Å². The molecule has 8 rings (SSSR count). The van der Waals surface area contributed by atoms with E-state index in [4.69, 9.17) is 87.9 Å². The maximum Gasteiger partial charge on any atom is 0.308 e. The van der Waals surface area contributed by atoms with Crippen molar-refractivity contribution in [3.8, 4) is 51.7 Å². The van der Waals surface area contributed by atoms with Gasteiger partial charge in [-0.15, -0.1) is 23.5 Å². The van der Waals surface area contributed by atoms with Crippen LogP contribution in [0.4, 0.5) is 0 Å². The average Bonchev–Trinajstić information content (AvgIpc) is 0.860. The molecule has 4 aromatic rings. The molecule has 0 spiro atoms. The summed E-state index contributed by atoms with van der Waals surface area (Å²) < 4.78 is 41.7. The third-order valence-corrected chi connectivity index (χ3v) is 17.0. The molecule has 468 valence electrons. The first-order chi connectivity index (χ1) is 40.6. The maximum atomic E-state index is 13.3. The molecule has 0 bridgehead atoms. The predicted octanol–water partition coefficient (Wildman–Crippen LogP) is 12.0. The maximum absolute atomic E-state index is 13.3. The Hall–Kier alpha value is -6.18. The van der Waals surface area contributed by atoms with Gasteiger partial charge in [0.15, 0.2) is 29.8 Å². The number of ether oxygens (including phenoxy) is 8. The zero-order valence-corrected chi connectivity index (χ0v) is 52.3. The number of fused-ring (bicyclic) bond motifs is 2. The molecule has 26 heteroatoms. The van der Waals surface area contributed by atoms with Gasteiger partial charge in [-0.05, 0) is 94.4 Å². The van der Waals surface area contributed by atoms with Crippen LogP contribution in [0.15, 0.2) is 60.7 Å². The number of benzene rings is 4. The number of unbranched alkanes of at least 4 members (excludes halogenated alkanes) is 4. The Morgan fingerprint density at radius 3 is 1.97 bits per heavy atom. The van der Waals surface area contributed by atoms with Gasteiger partial charge in [0.25, 0.3) is 3.79 Å². The molecular weight excluding hydrogens is 1230 g/mol. The van der Waals surface area contributed by atoms with Crippen LogP contribution in [0.5, 0.6) is 51.7 Å². The summed E-state index contributed by atoms with van der Waals surface area (Å²) in [5, 5.41) is 49.0. The Balaban J connectivity index is 0.000000214. The van der Waals surface area contributed by atoms with Crippen molar-refractivity contribution < 1.29 is 96.9 Å². The highest BCUT2D eigenvalue weighted by molar-refractivity contribution is 8.19. The van der Waals surface area contributed by atoms with Gasteiger partial charge in [0, 0.05) is 69.2 Å². The molecule has 4 aliphatic heterocycles. The van der Waals surface area contributed by atoms with Crippen LogP contribution in [0.3, 0.4) is 0 Å². The number of thioether (sulfide) groups is 2. The Labute approximate surface area is 521 Å². The Morgan fingerprint density at radius 2 is 1.33 bits per heavy atom. The summed E-state index contributed by atoms with van der Waals surface area (Å²) in [4.78, 5) is 82.3. The lowest BCUT2D eigenvalue weighted by molar-refractivity contribution is -0.275.